The van der Waals surface area contributed by atoms with Crippen LogP contribution in [0.5, 0.6) is 0 Å². The maximum atomic E-state index is 6.07. The molecule has 0 unspecified atom stereocenters. The van der Waals surface area contributed by atoms with E-state index in [1.54, 1.807) is 0 Å². The van der Waals surface area contributed by atoms with Crippen LogP contribution in [0.25, 0.3) is 0 Å². The molecule has 4 fully saturated rings. The van der Waals surface area contributed by atoms with Gasteiger partial charge in [-0.2, -0.15) is 0 Å². The smallest absolute Gasteiger partial charge is 0.172 e. The van der Waals surface area contributed by atoms with Crippen molar-refractivity contribution in [2.45, 2.75) is 49.7 Å². The number of hydrogen-bond acceptors (Lipinski definition) is 6. The summed E-state index contributed by atoms with van der Waals surface area (Å²) in [6.45, 7) is 5.31. The number of morpholine rings is 2. The fourth-order valence-corrected chi connectivity index (χ4v) is 4.57. The first-order chi connectivity index (χ1) is 11.8. The number of hydrogen-bond donors (Lipinski definition) is 0. The Balaban J connectivity index is 1.41. The highest BCUT2D eigenvalue weighted by molar-refractivity contribution is 5.63. The lowest BCUT2D eigenvalue weighted by Crippen LogP contribution is -2.57. The molecule has 2 saturated heterocycles. The zero-order chi connectivity index (χ0) is 16.0. The summed E-state index contributed by atoms with van der Waals surface area (Å²) in [6.07, 6.45) is 10.9. The average molecular weight is 330 g/mol. The average Bonchev–Trinajstić information content (AvgIpc) is 2.59. The van der Waals surface area contributed by atoms with Gasteiger partial charge in [-0.3, -0.25) is 0 Å². The van der Waals surface area contributed by atoms with Gasteiger partial charge in [-0.25, -0.2) is 9.97 Å². The predicted octanol–water partition coefficient (Wildman–Crippen LogP) is 2.00. The minimum absolute atomic E-state index is 0.0766. The third-order valence-corrected chi connectivity index (χ3v) is 6.29. The second-order valence-electron chi connectivity index (χ2n) is 7.82. The molecule has 0 N–H and O–H groups in total. The lowest BCUT2D eigenvalue weighted by Gasteiger charge is -2.50. The summed E-state index contributed by atoms with van der Waals surface area (Å²) in [6, 6.07) is 0. The third-order valence-electron chi connectivity index (χ3n) is 6.29. The fourth-order valence-electron chi connectivity index (χ4n) is 4.57. The van der Waals surface area contributed by atoms with Gasteiger partial charge in [-0.15, -0.1) is 0 Å². The highest BCUT2D eigenvalue weighted by Gasteiger charge is 2.45. The lowest BCUT2D eigenvalue weighted by molar-refractivity contribution is -0.108. The molecule has 2 aliphatic carbocycles. The Hall–Kier alpha value is -1.40. The van der Waals surface area contributed by atoms with Crippen LogP contribution in [-0.2, 0) is 9.47 Å². The molecular formula is C18H26N4O2. The third kappa shape index (κ3) is 2.39. The molecule has 5 rings (SSSR count). The molecule has 0 atom stereocenters. The summed E-state index contributed by atoms with van der Waals surface area (Å²) in [4.78, 5) is 14.2. The van der Waals surface area contributed by atoms with Crippen LogP contribution in [0.4, 0.5) is 11.6 Å². The first-order valence-corrected chi connectivity index (χ1v) is 9.37. The fraction of sp³-hybridized carbons (Fsp3) is 0.778. The summed E-state index contributed by atoms with van der Waals surface area (Å²) >= 11 is 0. The number of nitrogens with zero attached hydrogens (tertiary/aromatic N) is 4. The van der Waals surface area contributed by atoms with E-state index in [4.69, 9.17) is 19.4 Å². The van der Waals surface area contributed by atoms with Crippen LogP contribution in [0, 0.1) is 0 Å². The Labute approximate surface area is 143 Å². The zero-order valence-corrected chi connectivity index (χ0v) is 14.2. The van der Waals surface area contributed by atoms with E-state index in [-0.39, 0.29) is 11.2 Å². The van der Waals surface area contributed by atoms with Crippen molar-refractivity contribution in [2.24, 2.45) is 0 Å². The SMILES string of the molecule is c1cnc(N2CCOC3(CCC3)C2)c(N2CCOC3(CCC3)C2)n1. The van der Waals surface area contributed by atoms with Gasteiger partial charge in [0.05, 0.1) is 24.4 Å². The monoisotopic (exact) mass is 330 g/mol. The molecule has 6 nitrogen and oxygen atoms in total. The van der Waals surface area contributed by atoms with Gasteiger partial charge in [0.15, 0.2) is 11.6 Å². The van der Waals surface area contributed by atoms with E-state index in [1.165, 1.54) is 38.5 Å². The van der Waals surface area contributed by atoms with E-state index < -0.39 is 0 Å². The van der Waals surface area contributed by atoms with Gasteiger partial charge in [0.1, 0.15) is 0 Å². The lowest BCUT2D eigenvalue weighted by atomic mass is 9.78. The molecule has 4 aliphatic rings. The quantitative estimate of drug-likeness (QED) is 0.827. The van der Waals surface area contributed by atoms with Gasteiger partial charge in [0, 0.05) is 38.6 Å². The highest BCUT2D eigenvalue weighted by atomic mass is 16.5. The van der Waals surface area contributed by atoms with Crippen molar-refractivity contribution < 1.29 is 9.47 Å². The molecular weight excluding hydrogens is 304 g/mol. The van der Waals surface area contributed by atoms with Gasteiger partial charge in [-0.1, -0.05) is 0 Å². The van der Waals surface area contributed by atoms with E-state index in [0.29, 0.717) is 0 Å². The Kier molecular flexibility index (Phi) is 3.45. The summed E-state index contributed by atoms with van der Waals surface area (Å²) in [5.41, 5.74) is 0.153. The minimum atomic E-state index is 0.0766. The second-order valence-corrected chi connectivity index (χ2v) is 7.82. The molecule has 6 heteroatoms. The largest absolute Gasteiger partial charge is 0.371 e. The molecule has 2 saturated carbocycles. The number of ether oxygens (including phenoxy) is 2. The maximum Gasteiger partial charge on any atom is 0.172 e. The molecule has 2 spiro atoms. The van der Waals surface area contributed by atoms with Gasteiger partial charge in [-0.05, 0) is 38.5 Å². The molecule has 24 heavy (non-hydrogen) atoms. The van der Waals surface area contributed by atoms with Gasteiger partial charge >= 0.3 is 0 Å². The summed E-state index contributed by atoms with van der Waals surface area (Å²) < 4.78 is 12.1. The van der Waals surface area contributed by atoms with Crippen LogP contribution >= 0.6 is 0 Å². The van der Waals surface area contributed by atoms with Crippen molar-refractivity contribution in [2.75, 3.05) is 49.2 Å². The van der Waals surface area contributed by atoms with Crippen LogP contribution in [0.2, 0.25) is 0 Å². The molecule has 1 aromatic rings. The number of rotatable bonds is 2. The van der Waals surface area contributed by atoms with Gasteiger partial charge < -0.3 is 19.3 Å². The summed E-state index contributed by atoms with van der Waals surface area (Å²) in [7, 11) is 0. The Morgan fingerprint density at radius 1 is 0.750 bits per heavy atom. The van der Waals surface area contributed by atoms with Crippen LogP contribution in [0.1, 0.15) is 38.5 Å². The van der Waals surface area contributed by atoms with Crippen LogP contribution in [0.3, 0.4) is 0 Å². The number of aromatic nitrogens is 2. The van der Waals surface area contributed by atoms with Crippen molar-refractivity contribution in [3.05, 3.63) is 12.4 Å². The molecule has 0 radical (unpaired) electrons. The van der Waals surface area contributed by atoms with E-state index >= 15 is 0 Å². The van der Waals surface area contributed by atoms with E-state index in [1.807, 2.05) is 12.4 Å². The van der Waals surface area contributed by atoms with Crippen molar-refractivity contribution in [3.63, 3.8) is 0 Å². The van der Waals surface area contributed by atoms with E-state index in [0.717, 1.165) is 51.0 Å². The van der Waals surface area contributed by atoms with Crippen molar-refractivity contribution >= 4 is 11.6 Å². The molecule has 3 heterocycles. The molecule has 2 aliphatic heterocycles. The summed E-state index contributed by atoms with van der Waals surface area (Å²) in [5, 5.41) is 0. The first-order valence-electron chi connectivity index (χ1n) is 9.37. The first kappa shape index (κ1) is 14.9. The second kappa shape index (κ2) is 5.56. The van der Waals surface area contributed by atoms with Crippen LogP contribution in [-0.4, -0.2) is 60.6 Å². The predicted molar refractivity (Wildman–Crippen MR) is 91.5 cm³/mol. The van der Waals surface area contributed by atoms with Crippen molar-refractivity contribution in [1.29, 1.82) is 0 Å². The topological polar surface area (TPSA) is 50.7 Å². The normalized spacial score (nSPS) is 27.8. The van der Waals surface area contributed by atoms with Crippen molar-refractivity contribution in [3.8, 4) is 0 Å². The molecule has 0 bridgehead atoms. The molecule has 0 amide bonds. The minimum Gasteiger partial charge on any atom is -0.371 e. The van der Waals surface area contributed by atoms with E-state index in [2.05, 4.69) is 9.80 Å². The van der Waals surface area contributed by atoms with Crippen molar-refractivity contribution in [1.82, 2.24) is 9.97 Å². The zero-order valence-electron chi connectivity index (χ0n) is 14.2. The standard InChI is InChI=1S/C18H26N4O2/c1-3-17(4-1)13-21(9-11-23-17)15-16(20-8-7-19-15)22-10-12-24-18(14-22)5-2-6-18/h7-8H,1-6,9-14H2. The van der Waals surface area contributed by atoms with Crippen LogP contribution in [0.15, 0.2) is 12.4 Å². The Morgan fingerprint density at radius 2 is 1.21 bits per heavy atom. The summed E-state index contributed by atoms with van der Waals surface area (Å²) in [5.74, 6) is 2.06. The van der Waals surface area contributed by atoms with Crippen LogP contribution < -0.4 is 9.80 Å². The molecule has 130 valence electrons. The Morgan fingerprint density at radius 3 is 1.58 bits per heavy atom. The highest BCUT2D eigenvalue weighted by Crippen LogP contribution is 2.42. The molecule has 1 aromatic heterocycles. The Bertz CT molecular complexity index is 562. The van der Waals surface area contributed by atoms with Gasteiger partial charge in [0.2, 0.25) is 0 Å². The van der Waals surface area contributed by atoms with E-state index in [9.17, 15) is 0 Å². The van der Waals surface area contributed by atoms with Gasteiger partial charge in [0.25, 0.3) is 0 Å². The molecule has 0 aromatic carbocycles. The number of anilines is 2. The maximum absolute atomic E-state index is 6.07.